The molecule has 1 aromatic heterocycles. The first-order chi connectivity index (χ1) is 15.5. The molecule has 0 aliphatic carbocycles. The van der Waals surface area contributed by atoms with Crippen molar-refractivity contribution in [1.29, 1.82) is 0 Å². The Bertz CT molecular complexity index is 829. The fourth-order valence-corrected chi connectivity index (χ4v) is 2.88. The summed E-state index contributed by atoms with van der Waals surface area (Å²) >= 11 is 0. The number of H-pyrrole nitrogens is 1. The molecule has 1 rings (SSSR count). The number of carbonyl (C=O) groups excluding carboxylic acids is 3. The number of amides is 3. The standard InChI is InChI=1S/C20H32N6O7/c1-4-10(2)16(20(32)33)26-19(31)14(5-6-15(27)28)25-17(29)11(3)24-18(30)13(21)7-12-8-22-9-23-12/h8-11,13-14,16H,4-7,21H2,1-3H3,(H,22,23)(H,24,30)(H,25,29)(H,26,31)(H,27,28)(H,32,33). The van der Waals surface area contributed by atoms with Crippen molar-refractivity contribution < 1.29 is 34.2 Å². The second-order valence-corrected chi connectivity index (χ2v) is 7.82. The molecule has 0 aliphatic heterocycles. The quantitative estimate of drug-likeness (QED) is 0.173. The van der Waals surface area contributed by atoms with E-state index in [4.69, 9.17) is 10.8 Å². The van der Waals surface area contributed by atoms with Crippen molar-refractivity contribution in [1.82, 2.24) is 25.9 Å². The molecule has 1 heterocycles. The highest BCUT2D eigenvalue weighted by molar-refractivity contribution is 5.94. The van der Waals surface area contributed by atoms with Crippen LogP contribution in [0.2, 0.25) is 0 Å². The normalized spacial score (nSPS) is 15.4. The van der Waals surface area contributed by atoms with Crippen molar-refractivity contribution in [2.24, 2.45) is 11.7 Å². The van der Waals surface area contributed by atoms with Gasteiger partial charge >= 0.3 is 11.9 Å². The molecule has 33 heavy (non-hydrogen) atoms. The highest BCUT2D eigenvalue weighted by Crippen LogP contribution is 2.09. The number of hydrogen-bond acceptors (Lipinski definition) is 7. The zero-order valence-corrected chi connectivity index (χ0v) is 18.8. The van der Waals surface area contributed by atoms with Crippen LogP contribution in [-0.4, -0.2) is 74.0 Å². The smallest absolute Gasteiger partial charge is 0.326 e. The van der Waals surface area contributed by atoms with Crippen molar-refractivity contribution in [2.75, 3.05) is 0 Å². The van der Waals surface area contributed by atoms with Gasteiger partial charge < -0.3 is 36.9 Å². The van der Waals surface area contributed by atoms with E-state index in [2.05, 4.69) is 25.9 Å². The zero-order chi connectivity index (χ0) is 25.1. The predicted molar refractivity (Wildman–Crippen MR) is 116 cm³/mol. The van der Waals surface area contributed by atoms with Crippen molar-refractivity contribution in [3.63, 3.8) is 0 Å². The third-order valence-electron chi connectivity index (χ3n) is 5.14. The minimum absolute atomic E-state index is 0.163. The van der Waals surface area contributed by atoms with Crippen molar-refractivity contribution in [3.8, 4) is 0 Å². The molecule has 0 radical (unpaired) electrons. The molecule has 0 spiro atoms. The van der Waals surface area contributed by atoms with Crippen LogP contribution in [0.4, 0.5) is 0 Å². The van der Waals surface area contributed by atoms with E-state index in [-0.39, 0.29) is 12.8 Å². The van der Waals surface area contributed by atoms with Crippen LogP contribution in [-0.2, 0) is 30.4 Å². The number of imidazole rings is 1. The van der Waals surface area contributed by atoms with E-state index in [1.807, 2.05) is 0 Å². The first-order valence-electron chi connectivity index (χ1n) is 10.5. The second-order valence-electron chi connectivity index (χ2n) is 7.82. The molecule has 8 N–H and O–H groups in total. The molecule has 184 valence electrons. The summed E-state index contributed by atoms with van der Waals surface area (Å²) in [5.74, 6) is -5.01. The van der Waals surface area contributed by atoms with Crippen molar-refractivity contribution >= 4 is 29.7 Å². The van der Waals surface area contributed by atoms with Gasteiger partial charge in [-0.2, -0.15) is 0 Å². The average molecular weight is 469 g/mol. The van der Waals surface area contributed by atoms with Gasteiger partial charge in [-0.3, -0.25) is 19.2 Å². The van der Waals surface area contributed by atoms with E-state index in [0.717, 1.165) is 0 Å². The summed E-state index contributed by atoms with van der Waals surface area (Å²) in [6.07, 6.45) is 2.89. The maximum absolute atomic E-state index is 12.7. The van der Waals surface area contributed by atoms with E-state index in [1.165, 1.54) is 19.4 Å². The Morgan fingerprint density at radius 3 is 2.24 bits per heavy atom. The number of rotatable bonds is 14. The lowest BCUT2D eigenvalue weighted by Crippen LogP contribution is -2.57. The maximum Gasteiger partial charge on any atom is 0.326 e. The van der Waals surface area contributed by atoms with Crippen LogP contribution in [0.3, 0.4) is 0 Å². The van der Waals surface area contributed by atoms with E-state index in [9.17, 15) is 29.1 Å². The van der Waals surface area contributed by atoms with Crippen LogP contribution >= 0.6 is 0 Å². The zero-order valence-electron chi connectivity index (χ0n) is 18.8. The Balaban J connectivity index is 2.79. The second kappa shape index (κ2) is 13.2. The molecule has 0 aliphatic rings. The first kappa shape index (κ1) is 27.6. The molecular formula is C20H32N6O7. The summed E-state index contributed by atoms with van der Waals surface area (Å²) in [4.78, 5) is 66.6. The van der Waals surface area contributed by atoms with Crippen molar-refractivity contribution in [2.45, 2.75) is 70.6 Å². The third kappa shape index (κ3) is 9.27. The molecule has 0 fully saturated rings. The number of aliphatic carboxylic acids is 2. The van der Waals surface area contributed by atoms with Gasteiger partial charge in [0, 0.05) is 24.7 Å². The fraction of sp³-hybridized carbons (Fsp3) is 0.600. The van der Waals surface area contributed by atoms with Gasteiger partial charge in [0.05, 0.1) is 12.4 Å². The Morgan fingerprint density at radius 2 is 1.73 bits per heavy atom. The van der Waals surface area contributed by atoms with Crippen LogP contribution in [0.5, 0.6) is 0 Å². The average Bonchev–Trinajstić information content (AvgIpc) is 3.26. The minimum atomic E-state index is -1.31. The molecule has 1 aromatic rings. The molecule has 13 heteroatoms. The number of nitrogens with one attached hydrogen (secondary N) is 4. The number of aromatic amines is 1. The van der Waals surface area contributed by atoms with Crippen LogP contribution in [0.15, 0.2) is 12.5 Å². The number of hydrogen-bond donors (Lipinski definition) is 7. The summed E-state index contributed by atoms with van der Waals surface area (Å²) in [6.45, 7) is 4.79. The lowest BCUT2D eigenvalue weighted by atomic mass is 9.98. The SMILES string of the molecule is CCC(C)C(NC(=O)C(CCC(=O)O)NC(=O)C(C)NC(=O)C(N)Cc1cnc[nH]1)C(=O)O. The Labute approximate surface area is 190 Å². The highest BCUT2D eigenvalue weighted by Gasteiger charge is 2.31. The minimum Gasteiger partial charge on any atom is -0.481 e. The molecule has 5 atom stereocenters. The third-order valence-corrected chi connectivity index (χ3v) is 5.14. The molecule has 3 amide bonds. The van der Waals surface area contributed by atoms with Gasteiger partial charge in [-0.25, -0.2) is 9.78 Å². The predicted octanol–water partition coefficient (Wildman–Crippen LogP) is -1.25. The van der Waals surface area contributed by atoms with Gasteiger partial charge in [0.1, 0.15) is 18.1 Å². The maximum atomic E-state index is 12.7. The molecular weight excluding hydrogens is 436 g/mol. The fourth-order valence-electron chi connectivity index (χ4n) is 2.88. The number of carbonyl (C=O) groups is 5. The van der Waals surface area contributed by atoms with Crippen LogP contribution in [0, 0.1) is 5.92 Å². The van der Waals surface area contributed by atoms with E-state index >= 15 is 0 Å². The molecule has 0 saturated carbocycles. The summed E-state index contributed by atoms with van der Waals surface area (Å²) in [6, 6.07) is -4.56. The number of aromatic nitrogens is 2. The largest absolute Gasteiger partial charge is 0.481 e. The van der Waals surface area contributed by atoms with Crippen molar-refractivity contribution in [3.05, 3.63) is 18.2 Å². The van der Waals surface area contributed by atoms with E-state index in [1.54, 1.807) is 13.8 Å². The Morgan fingerprint density at radius 1 is 1.06 bits per heavy atom. The van der Waals surface area contributed by atoms with Gasteiger partial charge in [-0.15, -0.1) is 0 Å². The molecule has 0 saturated heterocycles. The molecule has 0 aromatic carbocycles. The summed E-state index contributed by atoms with van der Waals surface area (Å²) in [7, 11) is 0. The van der Waals surface area contributed by atoms with Gasteiger partial charge in [-0.1, -0.05) is 20.3 Å². The number of carboxylic acids is 2. The first-order valence-corrected chi connectivity index (χ1v) is 10.5. The number of nitrogens with two attached hydrogens (primary N) is 1. The van der Waals surface area contributed by atoms with Gasteiger partial charge in [0.15, 0.2) is 0 Å². The van der Waals surface area contributed by atoms with E-state index in [0.29, 0.717) is 12.1 Å². The van der Waals surface area contributed by atoms with Gasteiger partial charge in [-0.05, 0) is 19.3 Å². The van der Waals surface area contributed by atoms with E-state index < -0.39 is 66.2 Å². The van der Waals surface area contributed by atoms with Gasteiger partial charge in [0.2, 0.25) is 17.7 Å². The lowest BCUT2D eigenvalue weighted by molar-refractivity contribution is -0.144. The van der Waals surface area contributed by atoms with Crippen LogP contribution in [0.25, 0.3) is 0 Å². The highest BCUT2D eigenvalue weighted by atomic mass is 16.4. The van der Waals surface area contributed by atoms with Gasteiger partial charge in [0.25, 0.3) is 0 Å². The molecule has 0 bridgehead atoms. The topological polar surface area (TPSA) is 217 Å². The summed E-state index contributed by atoms with van der Waals surface area (Å²) in [5, 5.41) is 25.5. The molecule has 5 unspecified atom stereocenters. The lowest BCUT2D eigenvalue weighted by Gasteiger charge is -2.25. The van der Waals surface area contributed by atoms with Crippen LogP contribution in [0.1, 0.15) is 45.7 Å². The summed E-state index contributed by atoms with van der Waals surface area (Å²) in [5.41, 5.74) is 6.47. The van der Waals surface area contributed by atoms with Crippen LogP contribution < -0.4 is 21.7 Å². The number of nitrogens with zero attached hydrogens (tertiary/aromatic N) is 1. The number of carboxylic acid groups (broad SMARTS) is 2. The molecule has 13 nitrogen and oxygen atoms in total. The Hall–Kier alpha value is -3.48. The monoisotopic (exact) mass is 468 g/mol. The summed E-state index contributed by atoms with van der Waals surface area (Å²) < 4.78 is 0. The Kier molecular flexibility index (Phi) is 11.0.